The largest absolute Gasteiger partial charge is 0.454 e. The Hall–Kier alpha value is -6.85. The number of hydrogen-bond donors (Lipinski definition) is 0. The summed E-state index contributed by atoms with van der Waals surface area (Å²) in [5.74, 6) is 1.86. The molecular formula is C48H32N4O. The standard InChI is InChI=1S/C48H32N4O/c1-48(2)38-21-13-12-20-33(38)35-26-27-39-41(42(35)48)37-25-24-36-34-23-22-31(28-40(34)53-44(36)43(37)52(39)32-18-10-5-11-19-32)47-50-45(29-14-6-3-7-15-29)49-46(51-47)30-16-8-4-9-17-30/h3-28H,1-2H3. The van der Waals surface area contributed by atoms with Crippen molar-refractivity contribution in [3.63, 3.8) is 0 Å². The Balaban J connectivity index is 1.17. The summed E-state index contributed by atoms with van der Waals surface area (Å²) in [6.45, 7) is 4.72. The van der Waals surface area contributed by atoms with Crippen molar-refractivity contribution >= 4 is 43.7 Å². The number of rotatable bonds is 4. The highest BCUT2D eigenvalue weighted by atomic mass is 16.3. The van der Waals surface area contributed by atoms with E-state index in [0.717, 1.165) is 49.8 Å². The quantitative estimate of drug-likeness (QED) is 0.186. The van der Waals surface area contributed by atoms with Crippen molar-refractivity contribution in [3.05, 3.63) is 169 Å². The van der Waals surface area contributed by atoms with Gasteiger partial charge in [0.2, 0.25) is 0 Å². The van der Waals surface area contributed by atoms with Gasteiger partial charge < -0.3 is 8.98 Å². The van der Waals surface area contributed by atoms with E-state index < -0.39 is 0 Å². The van der Waals surface area contributed by atoms with Gasteiger partial charge in [-0.25, -0.2) is 15.0 Å². The molecule has 7 aromatic carbocycles. The first-order valence-electron chi connectivity index (χ1n) is 18.0. The molecule has 53 heavy (non-hydrogen) atoms. The summed E-state index contributed by atoms with van der Waals surface area (Å²) in [5, 5.41) is 4.58. The van der Waals surface area contributed by atoms with Gasteiger partial charge in [0, 0.05) is 49.3 Å². The van der Waals surface area contributed by atoms with Gasteiger partial charge in [0.25, 0.3) is 0 Å². The monoisotopic (exact) mass is 680 g/mol. The third kappa shape index (κ3) is 4.34. The van der Waals surface area contributed by atoms with Crippen molar-refractivity contribution in [2.75, 3.05) is 0 Å². The van der Waals surface area contributed by atoms with Crippen molar-refractivity contribution in [1.29, 1.82) is 0 Å². The van der Waals surface area contributed by atoms with E-state index in [1.807, 2.05) is 60.7 Å². The molecule has 250 valence electrons. The summed E-state index contributed by atoms with van der Waals surface area (Å²) in [7, 11) is 0. The Bertz CT molecular complexity index is 3010. The Kier molecular flexibility index (Phi) is 6.23. The molecule has 0 spiro atoms. The number of fused-ring (bicyclic) bond motifs is 11. The highest BCUT2D eigenvalue weighted by Crippen LogP contribution is 2.54. The molecule has 0 N–H and O–H groups in total. The van der Waals surface area contributed by atoms with Crippen LogP contribution >= 0.6 is 0 Å². The molecule has 1 aliphatic carbocycles. The average Bonchev–Trinajstić information content (AvgIpc) is 3.84. The van der Waals surface area contributed by atoms with Crippen molar-refractivity contribution in [2.24, 2.45) is 0 Å². The normalized spacial score (nSPS) is 13.2. The van der Waals surface area contributed by atoms with Crippen LogP contribution in [-0.4, -0.2) is 19.5 Å². The minimum absolute atomic E-state index is 0.166. The van der Waals surface area contributed by atoms with Crippen LogP contribution in [-0.2, 0) is 5.41 Å². The molecule has 0 aliphatic heterocycles. The van der Waals surface area contributed by atoms with Crippen LogP contribution in [0.3, 0.4) is 0 Å². The molecule has 0 fully saturated rings. The van der Waals surface area contributed by atoms with Gasteiger partial charge >= 0.3 is 0 Å². The van der Waals surface area contributed by atoms with Gasteiger partial charge in [0.1, 0.15) is 5.58 Å². The lowest BCUT2D eigenvalue weighted by atomic mass is 9.80. The smallest absolute Gasteiger partial charge is 0.164 e. The van der Waals surface area contributed by atoms with Crippen LogP contribution in [0.15, 0.2) is 162 Å². The van der Waals surface area contributed by atoms with E-state index in [1.54, 1.807) is 0 Å². The van der Waals surface area contributed by atoms with Crippen LogP contribution in [0.1, 0.15) is 25.0 Å². The predicted octanol–water partition coefficient (Wildman–Crippen LogP) is 12.2. The fourth-order valence-electron chi connectivity index (χ4n) is 8.61. The Labute approximate surface area is 305 Å². The summed E-state index contributed by atoms with van der Waals surface area (Å²) < 4.78 is 9.38. The summed E-state index contributed by atoms with van der Waals surface area (Å²) in [6, 6.07) is 55.1. The van der Waals surface area contributed by atoms with Crippen LogP contribution in [0.4, 0.5) is 0 Å². The molecule has 3 heterocycles. The van der Waals surface area contributed by atoms with Gasteiger partial charge in [0.05, 0.1) is 11.0 Å². The molecule has 0 atom stereocenters. The third-order valence-electron chi connectivity index (χ3n) is 11.0. The van der Waals surface area contributed by atoms with Gasteiger partial charge in [0.15, 0.2) is 23.1 Å². The maximum Gasteiger partial charge on any atom is 0.164 e. The lowest BCUT2D eigenvalue weighted by molar-refractivity contribution is 0.666. The summed E-state index contributed by atoms with van der Waals surface area (Å²) in [5.41, 5.74) is 12.9. The number of furan rings is 1. The highest BCUT2D eigenvalue weighted by molar-refractivity contribution is 6.23. The maximum atomic E-state index is 6.99. The number of aromatic nitrogens is 4. The topological polar surface area (TPSA) is 56.7 Å². The second kappa shape index (κ2) is 11.1. The minimum Gasteiger partial charge on any atom is -0.454 e. The Morgan fingerprint density at radius 1 is 0.509 bits per heavy atom. The number of para-hydroxylation sites is 1. The molecule has 0 bridgehead atoms. The van der Waals surface area contributed by atoms with E-state index in [4.69, 9.17) is 19.4 Å². The minimum atomic E-state index is -0.166. The van der Waals surface area contributed by atoms with Gasteiger partial charge in [-0.1, -0.05) is 135 Å². The van der Waals surface area contributed by atoms with E-state index >= 15 is 0 Å². The molecule has 11 rings (SSSR count). The molecular weight excluding hydrogens is 649 g/mol. The van der Waals surface area contributed by atoms with Crippen LogP contribution in [0.25, 0.3) is 94.7 Å². The molecule has 10 aromatic rings. The summed E-state index contributed by atoms with van der Waals surface area (Å²) in [6.07, 6.45) is 0. The fourth-order valence-corrected chi connectivity index (χ4v) is 8.61. The van der Waals surface area contributed by atoms with Gasteiger partial charge in [-0.3, -0.25) is 0 Å². The van der Waals surface area contributed by atoms with Crippen molar-refractivity contribution in [2.45, 2.75) is 19.3 Å². The van der Waals surface area contributed by atoms with Crippen molar-refractivity contribution in [1.82, 2.24) is 19.5 Å². The van der Waals surface area contributed by atoms with Gasteiger partial charge in [-0.15, -0.1) is 0 Å². The Morgan fingerprint density at radius 3 is 1.79 bits per heavy atom. The molecule has 0 saturated carbocycles. The second-order valence-electron chi connectivity index (χ2n) is 14.4. The SMILES string of the molecule is CC1(C)c2ccccc2-c2ccc3c(c21)c1ccc2c4ccc(-c5nc(-c6ccccc6)nc(-c6ccccc6)n5)cc4oc2c1n3-c1ccccc1. The predicted molar refractivity (Wildman–Crippen MR) is 215 cm³/mol. The van der Waals surface area contributed by atoms with Crippen LogP contribution < -0.4 is 0 Å². The fraction of sp³-hybridized carbons (Fsp3) is 0.0625. The van der Waals surface area contributed by atoms with E-state index in [-0.39, 0.29) is 5.41 Å². The molecule has 0 unspecified atom stereocenters. The molecule has 1 aliphatic rings. The number of nitrogens with zero attached hydrogens (tertiary/aromatic N) is 4. The van der Waals surface area contributed by atoms with E-state index in [0.29, 0.717) is 17.5 Å². The van der Waals surface area contributed by atoms with Crippen LogP contribution in [0.2, 0.25) is 0 Å². The first kappa shape index (κ1) is 29.8. The van der Waals surface area contributed by atoms with E-state index in [2.05, 4.69) is 115 Å². The number of hydrogen-bond acceptors (Lipinski definition) is 4. The zero-order valence-corrected chi connectivity index (χ0v) is 29.2. The van der Waals surface area contributed by atoms with Crippen molar-refractivity contribution < 1.29 is 4.42 Å². The maximum absolute atomic E-state index is 6.99. The molecule has 0 saturated heterocycles. The van der Waals surface area contributed by atoms with E-state index in [9.17, 15) is 0 Å². The zero-order chi connectivity index (χ0) is 35.3. The lowest BCUT2D eigenvalue weighted by Crippen LogP contribution is -2.15. The molecule has 5 heteroatoms. The number of benzene rings is 7. The molecule has 0 amide bonds. The zero-order valence-electron chi connectivity index (χ0n) is 29.2. The lowest BCUT2D eigenvalue weighted by Gasteiger charge is -2.22. The van der Waals surface area contributed by atoms with Crippen molar-refractivity contribution in [3.8, 4) is 51.0 Å². The first-order chi connectivity index (χ1) is 26.0. The highest BCUT2D eigenvalue weighted by Gasteiger charge is 2.38. The van der Waals surface area contributed by atoms with Gasteiger partial charge in [-0.2, -0.15) is 0 Å². The molecule has 5 nitrogen and oxygen atoms in total. The van der Waals surface area contributed by atoms with Crippen LogP contribution in [0.5, 0.6) is 0 Å². The second-order valence-corrected chi connectivity index (χ2v) is 14.4. The molecule has 0 radical (unpaired) electrons. The van der Waals surface area contributed by atoms with E-state index in [1.165, 1.54) is 38.5 Å². The first-order valence-corrected chi connectivity index (χ1v) is 18.0. The third-order valence-corrected chi connectivity index (χ3v) is 11.0. The average molecular weight is 681 g/mol. The van der Waals surface area contributed by atoms with Gasteiger partial charge in [-0.05, 0) is 58.7 Å². The van der Waals surface area contributed by atoms with Crippen LogP contribution in [0, 0.1) is 0 Å². The summed E-state index contributed by atoms with van der Waals surface area (Å²) >= 11 is 0. The summed E-state index contributed by atoms with van der Waals surface area (Å²) in [4.78, 5) is 14.9. The Morgan fingerprint density at radius 2 is 1.09 bits per heavy atom. The molecule has 3 aromatic heterocycles.